The van der Waals surface area contributed by atoms with Gasteiger partial charge in [0.05, 0.1) is 5.56 Å². The molecule has 24 heavy (non-hydrogen) atoms. The van der Waals surface area contributed by atoms with Gasteiger partial charge in [-0.3, -0.25) is 14.4 Å². The molecule has 5 heteroatoms. The summed E-state index contributed by atoms with van der Waals surface area (Å²) in [6.45, 7) is 5.34. The van der Waals surface area contributed by atoms with Crippen molar-refractivity contribution in [3.8, 4) is 0 Å². The van der Waals surface area contributed by atoms with E-state index in [4.69, 9.17) is 0 Å². The van der Waals surface area contributed by atoms with E-state index in [1.54, 1.807) is 24.3 Å². The minimum Gasteiger partial charge on any atom is -0.354 e. The van der Waals surface area contributed by atoms with Crippen LogP contribution in [0.25, 0.3) is 0 Å². The van der Waals surface area contributed by atoms with E-state index >= 15 is 0 Å². The van der Waals surface area contributed by atoms with Crippen molar-refractivity contribution >= 4 is 17.6 Å². The molecule has 2 atom stereocenters. The summed E-state index contributed by atoms with van der Waals surface area (Å²) in [6, 6.07) is 6.92. The summed E-state index contributed by atoms with van der Waals surface area (Å²) in [4.78, 5) is 36.4. The topological polar surface area (TPSA) is 75.3 Å². The van der Waals surface area contributed by atoms with Crippen molar-refractivity contribution in [3.05, 3.63) is 35.4 Å². The molecule has 2 N–H and O–H groups in total. The third-order valence-corrected chi connectivity index (χ3v) is 4.36. The molecule has 1 aliphatic carbocycles. The lowest BCUT2D eigenvalue weighted by molar-refractivity contribution is -0.126. The Kier molecular flexibility index (Phi) is 6.12. The molecule has 0 spiro atoms. The maximum atomic E-state index is 12.5. The lowest BCUT2D eigenvalue weighted by Gasteiger charge is -2.29. The van der Waals surface area contributed by atoms with Crippen LogP contribution in [-0.2, 0) is 4.79 Å². The van der Waals surface area contributed by atoms with E-state index < -0.39 is 0 Å². The highest BCUT2D eigenvalue weighted by molar-refractivity contribution is 6.07. The Morgan fingerprint density at radius 3 is 2.38 bits per heavy atom. The van der Waals surface area contributed by atoms with Crippen molar-refractivity contribution in [2.75, 3.05) is 0 Å². The van der Waals surface area contributed by atoms with Gasteiger partial charge >= 0.3 is 0 Å². The van der Waals surface area contributed by atoms with Gasteiger partial charge in [-0.1, -0.05) is 24.6 Å². The number of hydrogen-bond acceptors (Lipinski definition) is 3. The van der Waals surface area contributed by atoms with E-state index in [9.17, 15) is 14.4 Å². The Balaban J connectivity index is 2.02. The first-order valence-corrected chi connectivity index (χ1v) is 8.59. The van der Waals surface area contributed by atoms with Gasteiger partial charge in [0.1, 0.15) is 0 Å². The zero-order valence-electron chi connectivity index (χ0n) is 14.6. The molecule has 1 saturated carbocycles. The van der Waals surface area contributed by atoms with Crippen molar-refractivity contribution in [1.29, 1.82) is 0 Å². The van der Waals surface area contributed by atoms with Crippen LogP contribution in [0, 0.1) is 5.92 Å². The number of hydrogen-bond donors (Lipinski definition) is 2. The van der Waals surface area contributed by atoms with Crippen molar-refractivity contribution in [2.24, 2.45) is 5.92 Å². The summed E-state index contributed by atoms with van der Waals surface area (Å²) in [5, 5.41) is 5.94. The van der Waals surface area contributed by atoms with Gasteiger partial charge in [0.15, 0.2) is 5.78 Å². The predicted molar refractivity (Wildman–Crippen MR) is 92.9 cm³/mol. The molecule has 0 saturated heterocycles. The van der Waals surface area contributed by atoms with E-state index in [0.717, 1.165) is 19.3 Å². The molecule has 130 valence electrons. The molecule has 0 aliphatic heterocycles. The average molecular weight is 330 g/mol. The van der Waals surface area contributed by atoms with Crippen LogP contribution in [0.1, 0.15) is 67.2 Å². The number of Topliss-reactive ketones (excluding diaryl/α,β-unsaturated/α-hetero) is 1. The average Bonchev–Trinajstić information content (AvgIpc) is 2.54. The minimum atomic E-state index is -0.240. The smallest absolute Gasteiger partial charge is 0.252 e. The normalized spacial score (nSPS) is 20.5. The standard InChI is InChI=1S/C19H26N2O3/c1-12(2)20-18(23)14-7-6-8-15(11-14)21-19(24)17-10-5-4-9-16(17)13(3)22/h4-5,9-10,12,14-15H,6-8,11H2,1-3H3,(H,20,23)(H,21,24)/t14-,15+/m1/s1. The van der Waals surface area contributed by atoms with Crippen molar-refractivity contribution < 1.29 is 14.4 Å². The van der Waals surface area contributed by atoms with Gasteiger partial charge in [-0.25, -0.2) is 0 Å². The molecule has 0 unspecified atom stereocenters. The van der Waals surface area contributed by atoms with Crippen molar-refractivity contribution in [2.45, 2.75) is 58.5 Å². The molecular formula is C19H26N2O3. The predicted octanol–water partition coefficient (Wildman–Crippen LogP) is 2.70. The molecule has 0 heterocycles. The summed E-state index contributed by atoms with van der Waals surface area (Å²) in [6.07, 6.45) is 3.27. The molecule has 1 aromatic carbocycles. The highest BCUT2D eigenvalue weighted by Crippen LogP contribution is 2.25. The zero-order chi connectivity index (χ0) is 17.7. The number of rotatable bonds is 5. The Bertz CT molecular complexity index is 625. The van der Waals surface area contributed by atoms with Gasteiger partial charge in [-0.2, -0.15) is 0 Å². The van der Waals surface area contributed by atoms with Crippen LogP contribution in [-0.4, -0.2) is 29.7 Å². The van der Waals surface area contributed by atoms with E-state index in [1.165, 1.54) is 6.92 Å². The summed E-state index contributed by atoms with van der Waals surface area (Å²) in [5.74, 6) is -0.364. The molecule has 1 aromatic rings. The Morgan fingerprint density at radius 1 is 1.08 bits per heavy atom. The molecule has 2 rings (SSSR count). The Hall–Kier alpha value is -2.17. The summed E-state index contributed by atoms with van der Waals surface area (Å²) in [5.41, 5.74) is 0.832. The lowest BCUT2D eigenvalue weighted by atomic mass is 9.84. The van der Waals surface area contributed by atoms with Crippen LogP contribution in [0.2, 0.25) is 0 Å². The second-order valence-corrected chi connectivity index (χ2v) is 6.80. The van der Waals surface area contributed by atoms with Crippen LogP contribution in [0.4, 0.5) is 0 Å². The zero-order valence-corrected chi connectivity index (χ0v) is 14.6. The number of carbonyl (C=O) groups is 3. The monoisotopic (exact) mass is 330 g/mol. The van der Waals surface area contributed by atoms with Crippen LogP contribution in [0.3, 0.4) is 0 Å². The van der Waals surface area contributed by atoms with E-state index in [1.807, 2.05) is 13.8 Å². The first-order chi connectivity index (χ1) is 11.4. The Morgan fingerprint density at radius 2 is 1.75 bits per heavy atom. The van der Waals surface area contributed by atoms with Gasteiger partial charge < -0.3 is 10.6 Å². The van der Waals surface area contributed by atoms with E-state index in [0.29, 0.717) is 17.5 Å². The van der Waals surface area contributed by atoms with Crippen LogP contribution >= 0.6 is 0 Å². The third kappa shape index (κ3) is 4.66. The van der Waals surface area contributed by atoms with E-state index in [-0.39, 0.29) is 35.6 Å². The number of ketones is 1. The fraction of sp³-hybridized carbons (Fsp3) is 0.526. The molecule has 0 aromatic heterocycles. The SMILES string of the molecule is CC(=O)c1ccccc1C(=O)N[C@H]1CCC[C@@H](C(=O)NC(C)C)C1. The van der Waals surface area contributed by atoms with Crippen molar-refractivity contribution in [1.82, 2.24) is 10.6 Å². The molecular weight excluding hydrogens is 304 g/mol. The summed E-state index contributed by atoms with van der Waals surface area (Å²) in [7, 11) is 0. The van der Waals surface area contributed by atoms with Gasteiger partial charge in [0.25, 0.3) is 5.91 Å². The summed E-state index contributed by atoms with van der Waals surface area (Å²) < 4.78 is 0. The fourth-order valence-electron chi connectivity index (χ4n) is 3.21. The van der Waals surface area contributed by atoms with Crippen LogP contribution < -0.4 is 10.6 Å². The van der Waals surface area contributed by atoms with Gasteiger partial charge in [0, 0.05) is 23.6 Å². The fourth-order valence-corrected chi connectivity index (χ4v) is 3.21. The van der Waals surface area contributed by atoms with Crippen molar-refractivity contribution in [3.63, 3.8) is 0 Å². The maximum Gasteiger partial charge on any atom is 0.252 e. The van der Waals surface area contributed by atoms with E-state index in [2.05, 4.69) is 10.6 Å². The Labute approximate surface area is 143 Å². The molecule has 2 amide bonds. The molecule has 1 aliphatic rings. The lowest BCUT2D eigenvalue weighted by Crippen LogP contribution is -2.44. The van der Waals surface area contributed by atoms with Gasteiger partial charge in [-0.05, 0) is 46.1 Å². The first-order valence-electron chi connectivity index (χ1n) is 8.59. The van der Waals surface area contributed by atoms with Crippen LogP contribution in [0.15, 0.2) is 24.3 Å². The molecule has 1 fully saturated rings. The van der Waals surface area contributed by atoms with Gasteiger partial charge in [-0.15, -0.1) is 0 Å². The molecule has 0 bridgehead atoms. The summed E-state index contributed by atoms with van der Waals surface area (Å²) >= 11 is 0. The second-order valence-electron chi connectivity index (χ2n) is 6.80. The highest BCUT2D eigenvalue weighted by Gasteiger charge is 2.29. The van der Waals surface area contributed by atoms with Gasteiger partial charge in [0.2, 0.25) is 5.91 Å². The molecule has 0 radical (unpaired) electrons. The maximum absolute atomic E-state index is 12.5. The second kappa shape index (κ2) is 8.08. The number of nitrogens with one attached hydrogen (secondary N) is 2. The largest absolute Gasteiger partial charge is 0.354 e. The molecule has 5 nitrogen and oxygen atoms in total. The third-order valence-electron chi connectivity index (χ3n) is 4.36. The number of benzene rings is 1. The number of amides is 2. The number of carbonyl (C=O) groups excluding carboxylic acids is 3. The first kappa shape index (κ1) is 18.2. The van der Waals surface area contributed by atoms with Crippen LogP contribution in [0.5, 0.6) is 0 Å². The highest BCUT2D eigenvalue weighted by atomic mass is 16.2. The quantitative estimate of drug-likeness (QED) is 0.815. The minimum absolute atomic E-state index is 0.0332.